The van der Waals surface area contributed by atoms with Gasteiger partial charge in [0.05, 0.1) is 22.9 Å². The first-order chi connectivity index (χ1) is 12.7. The van der Waals surface area contributed by atoms with E-state index in [-0.39, 0.29) is 11.1 Å². The molecule has 0 fully saturated rings. The molecule has 1 amide bonds. The highest BCUT2D eigenvalue weighted by molar-refractivity contribution is 6.34. The molecule has 146 valence electrons. The van der Waals surface area contributed by atoms with E-state index in [1.54, 1.807) is 24.3 Å². The van der Waals surface area contributed by atoms with Gasteiger partial charge in [0.1, 0.15) is 16.5 Å². The van der Waals surface area contributed by atoms with Crippen molar-refractivity contribution in [3.63, 3.8) is 0 Å². The number of alkyl carbamates (subject to hydrolysis) is 1. The Bertz CT molecular complexity index is 789. The second-order valence-corrected chi connectivity index (χ2v) is 7.47. The van der Waals surface area contributed by atoms with E-state index in [0.29, 0.717) is 41.6 Å². The van der Waals surface area contributed by atoms with Crippen LogP contribution in [0.1, 0.15) is 27.2 Å². The van der Waals surface area contributed by atoms with E-state index in [9.17, 15) is 4.79 Å². The molecule has 27 heavy (non-hydrogen) atoms. The second-order valence-electron chi connectivity index (χ2n) is 6.68. The third-order valence-corrected chi connectivity index (χ3v) is 3.70. The van der Waals surface area contributed by atoms with Gasteiger partial charge in [-0.2, -0.15) is 0 Å². The number of nitrogens with one attached hydrogen (secondary N) is 1. The third kappa shape index (κ3) is 6.77. The minimum Gasteiger partial charge on any atom is -0.493 e. The lowest BCUT2D eigenvalue weighted by molar-refractivity contribution is 0.0525. The lowest BCUT2D eigenvalue weighted by Crippen LogP contribution is -2.33. The first-order valence-corrected chi connectivity index (χ1v) is 9.10. The number of carbonyl (C=O) groups excluding carboxylic acids is 1. The summed E-state index contributed by atoms with van der Waals surface area (Å²) >= 11 is 12.3. The van der Waals surface area contributed by atoms with Gasteiger partial charge in [-0.1, -0.05) is 29.3 Å². The Hall–Kier alpha value is -2.25. The number of rotatable bonds is 6. The number of nitrogen functional groups attached to an aromatic ring is 1. The number of amides is 1. The molecule has 0 saturated carbocycles. The number of benzene rings is 1. The van der Waals surface area contributed by atoms with Gasteiger partial charge in [0.25, 0.3) is 0 Å². The van der Waals surface area contributed by atoms with Crippen molar-refractivity contribution in [1.29, 1.82) is 0 Å². The van der Waals surface area contributed by atoms with Gasteiger partial charge in [0, 0.05) is 12.6 Å². The highest BCUT2D eigenvalue weighted by atomic mass is 35.5. The van der Waals surface area contributed by atoms with Crippen LogP contribution in [0.25, 0.3) is 11.3 Å². The molecule has 0 spiro atoms. The van der Waals surface area contributed by atoms with Gasteiger partial charge in [-0.25, -0.2) is 14.8 Å². The maximum Gasteiger partial charge on any atom is 0.407 e. The summed E-state index contributed by atoms with van der Waals surface area (Å²) in [5.74, 6) is 0.582. The third-order valence-electron chi connectivity index (χ3n) is 3.19. The number of halogens is 2. The van der Waals surface area contributed by atoms with Crippen molar-refractivity contribution in [2.24, 2.45) is 0 Å². The normalized spacial score (nSPS) is 11.1. The number of nitrogens with two attached hydrogens (primary N) is 1. The molecule has 3 N–H and O–H groups in total. The zero-order valence-corrected chi connectivity index (χ0v) is 16.9. The minimum atomic E-state index is -0.531. The molecular weight excluding hydrogens is 391 g/mol. The molecule has 0 atom stereocenters. The van der Waals surface area contributed by atoms with Crippen LogP contribution in [0.2, 0.25) is 10.2 Å². The van der Waals surface area contributed by atoms with Crippen LogP contribution in [0, 0.1) is 0 Å². The number of aromatic nitrogens is 2. The molecule has 0 aliphatic carbocycles. The van der Waals surface area contributed by atoms with Gasteiger partial charge in [-0.05, 0) is 39.3 Å². The Morgan fingerprint density at radius 2 is 2.00 bits per heavy atom. The average Bonchev–Trinajstić information content (AvgIpc) is 2.51. The zero-order chi connectivity index (χ0) is 20.0. The largest absolute Gasteiger partial charge is 0.493 e. The van der Waals surface area contributed by atoms with E-state index in [4.69, 9.17) is 38.4 Å². The van der Waals surface area contributed by atoms with Crippen molar-refractivity contribution in [2.45, 2.75) is 32.8 Å². The molecule has 1 aromatic heterocycles. The Labute approximate surface area is 168 Å². The fraction of sp³-hybridized carbons (Fsp3) is 0.389. The number of hydrogen-bond donors (Lipinski definition) is 2. The SMILES string of the molecule is CC(C)(C)OC(=O)NCCCOc1cccc(Cl)c1-c1cc(Cl)nc(N)n1. The number of ether oxygens (including phenoxy) is 2. The summed E-state index contributed by atoms with van der Waals surface area (Å²) in [7, 11) is 0. The van der Waals surface area contributed by atoms with Crippen molar-refractivity contribution in [2.75, 3.05) is 18.9 Å². The Morgan fingerprint density at radius 1 is 1.26 bits per heavy atom. The van der Waals surface area contributed by atoms with E-state index >= 15 is 0 Å². The van der Waals surface area contributed by atoms with Crippen LogP contribution < -0.4 is 15.8 Å². The van der Waals surface area contributed by atoms with Crippen LogP contribution in [-0.2, 0) is 4.74 Å². The fourth-order valence-electron chi connectivity index (χ4n) is 2.20. The Morgan fingerprint density at radius 3 is 2.67 bits per heavy atom. The smallest absolute Gasteiger partial charge is 0.407 e. The molecule has 2 aromatic rings. The van der Waals surface area contributed by atoms with Gasteiger partial charge >= 0.3 is 6.09 Å². The molecule has 0 saturated heterocycles. The molecular formula is C18H22Cl2N4O3. The monoisotopic (exact) mass is 412 g/mol. The summed E-state index contributed by atoms with van der Waals surface area (Å²) in [4.78, 5) is 19.6. The van der Waals surface area contributed by atoms with E-state index in [0.717, 1.165) is 0 Å². The molecule has 0 unspecified atom stereocenters. The predicted octanol–water partition coefficient (Wildman–Crippen LogP) is 4.33. The van der Waals surface area contributed by atoms with E-state index < -0.39 is 11.7 Å². The molecule has 0 aliphatic rings. The summed E-state index contributed by atoms with van der Waals surface area (Å²) in [5, 5.41) is 3.34. The topological polar surface area (TPSA) is 99.4 Å². The van der Waals surface area contributed by atoms with Crippen LogP contribution in [0.5, 0.6) is 5.75 Å². The first-order valence-electron chi connectivity index (χ1n) is 8.34. The predicted molar refractivity (Wildman–Crippen MR) is 106 cm³/mol. The van der Waals surface area contributed by atoms with E-state index in [1.165, 1.54) is 0 Å². The van der Waals surface area contributed by atoms with Crippen molar-refractivity contribution in [1.82, 2.24) is 15.3 Å². The van der Waals surface area contributed by atoms with Gasteiger partial charge in [0.15, 0.2) is 0 Å². The Kier molecular flexibility index (Phi) is 7.10. The first kappa shape index (κ1) is 21.1. The molecule has 9 heteroatoms. The second kappa shape index (κ2) is 9.10. The molecule has 7 nitrogen and oxygen atoms in total. The lowest BCUT2D eigenvalue weighted by atomic mass is 10.1. The summed E-state index contributed by atoms with van der Waals surface area (Å²) in [5.41, 5.74) is 6.19. The highest BCUT2D eigenvalue weighted by Crippen LogP contribution is 2.36. The van der Waals surface area contributed by atoms with E-state index in [1.807, 2.05) is 20.8 Å². The summed E-state index contributed by atoms with van der Waals surface area (Å²) < 4.78 is 11.0. The average molecular weight is 413 g/mol. The number of carbonyl (C=O) groups is 1. The maximum absolute atomic E-state index is 11.6. The molecule has 1 heterocycles. The number of nitrogens with zero attached hydrogens (tertiary/aromatic N) is 2. The fourth-order valence-corrected chi connectivity index (χ4v) is 2.65. The molecule has 0 radical (unpaired) electrons. The standard InChI is InChI=1S/C18H22Cl2N4O3/c1-18(2,3)27-17(25)22-8-5-9-26-13-7-4-6-11(19)15(13)12-10-14(20)24-16(21)23-12/h4,6-7,10H,5,8-9H2,1-3H3,(H,22,25)(H2,21,23,24). The van der Waals surface area contributed by atoms with Gasteiger partial charge in [-0.15, -0.1) is 0 Å². The minimum absolute atomic E-state index is 0.0462. The number of anilines is 1. The summed E-state index contributed by atoms with van der Waals surface area (Å²) in [6, 6.07) is 6.83. The zero-order valence-electron chi connectivity index (χ0n) is 15.4. The van der Waals surface area contributed by atoms with Crippen LogP contribution in [-0.4, -0.2) is 34.8 Å². The molecule has 0 aliphatic heterocycles. The summed E-state index contributed by atoms with van der Waals surface area (Å²) in [6.45, 7) is 6.20. The van der Waals surface area contributed by atoms with E-state index in [2.05, 4.69) is 15.3 Å². The van der Waals surface area contributed by atoms with Crippen molar-refractivity contribution in [3.05, 3.63) is 34.4 Å². The van der Waals surface area contributed by atoms with Crippen LogP contribution >= 0.6 is 23.2 Å². The molecule has 1 aromatic carbocycles. The van der Waals surface area contributed by atoms with Gasteiger partial charge in [-0.3, -0.25) is 0 Å². The summed E-state index contributed by atoms with van der Waals surface area (Å²) in [6.07, 6.45) is 0.120. The van der Waals surface area contributed by atoms with Gasteiger partial charge < -0.3 is 20.5 Å². The van der Waals surface area contributed by atoms with Gasteiger partial charge in [0.2, 0.25) is 5.95 Å². The van der Waals surface area contributed by atoms with Crippen LogP contribution in [0.4, 0.5) is 10.7 Å². The van der Waals surface area contributed by atoms with Crippen molar-refractivity contribution in [3.8, 4) is 17.0 Å². The molecule has 0 bridgehead atoms. The Balaban J connectivity index is 1.98. The quantitative estimate of drug-likeness (QED) is 0.540. The lowest BCUT2D eigenvalue weighted by Gasteiger charge is -2.19. The van der Waals surface area contributed by atoms with Crippen LogP contribution in [0.3, 0.4) is 0 Å². The van der Waals surface area contributed by atoms with Crippen LogP contribution in [0.15, 0.2) is 24.3 Å². The number of hydrogen-bond acceptors (Lipinski definition) is 6. The highest BCUT2D eigenvalue weighted by Gasteiger charge is 2.16. The molecule has 2 rings (SSSR count). The maximum atomic E-state index is 11.6. The van der Waals surface area contributed by atoms with Crippen molar-refractivity contribution >= 4 is 35.2 Å². The van der Waals surface area contributed by atoms with Crippen molar-refractivity contribution < 1.29 is 14.3 Å².